The zero-order valence-corrected chi connectivity index (χ0v) is 15.9. The van der Waals surface area contributed by atoms with E-state index >= 15 is 0 Å². The Morgan fingerprint density at radius 2 is 1.88 bits per heavy atom. The van der Waals surface area contributed by atoms with E-state index < -0.39 is 0 Å². The smallest absolute Gasteiger partial charge is 0.272 e. The summed E-state index contributed by atoms with van der Waals surface area (Å²) in [6, 6.07) is 18.3. The molecule has 0 unspecified atom stereocenters. The van der Waals surface area contributed by atoms with Crippen LogP contribution in [0.25, 0.3) is 0 Å². The van der Waals surface area contributed by atoms with E-state index in [1.165, 1.54) is 18.0 Å². The third-order valence-corrected chi connectivity index (χ3v) is 4.98. The quantitative estimate of drug-likeness (QED) is 0.418. The number of furan rings is 1. The Hall–Kier alpha value is -2.02. The summed E-state index contributed by atoms with van der Waals surface area (Å²) < 4.78 is 6.36. The first kappa shape index (κ1) is 17.8. The molecule has 126 valence electrons. The lowest BCUT2D eigenvalue weighted by atomic mass is 10.2. The highest BCUT2D eigenvalue weighted by Crippen LogP contribution is 2.29. The van der Waals surface area contributed by atoms with Crippen LogP contribution >= 0.6 is 39.3 Å². The first-order chi connectivity index (χ1) is 12.1. The van der Waals surface area contributed by atoms with Gasteiger partial charge in [-0.15, -0.1) is 0 Å². The SMILES string of the molecule is O=C(N/N=C\c1ccc(Sc2ccc(Cl)cc2)o1)c1ccccc1Br. The van der Waals surface area contributed by atoms with Crippen molar-refractivity contribution in [2.24, 2.45) is 5.10 Å². The van der Waals surface area contributed by atoms with Crippen LogP contribution in [0.1, 0.15) is 16.1 Å². The fourth-order valence-electron chi connectivity index (χ4n) is 1.94. The standard InChI is InChI=1S/C18H12BrClN2O2S/c19-16-4-2-1-3-15(16)18(23)22-21-11-13-7-10-17(24-13)25-14-8-5-12(20)6-9-14/h1-11H,(H,22,23)/b21-11-. The molecule has 0 bridgehead atoms. The summed E-state index contributed by atoms with van der Waals surface area (Å²) in [4.78, 5) is 13.0. The Kier molecular flexibility index (Phi) is 5.96. The maximum Gasteiger partial charge on any atom is 0.272 e. The lowest BCUT2D eigenvalue weighted by Crippen LogP contribution is -2.17. The number of carbonyl (C=O) groups excluding carboxylic acids is 1. The Bertz CT molecular complexity index is 909. The largest absolute Gasteiger partial charge is 0.448 e. The van der Waals surface area contributed by atoms with Gasteiger partial charge in [0.15, 0.2) is 5.09 Å². The molecule has 0 fully saturated rings. The van der Waals surface area contributed by atoms with Gasteiger partial charge in [0.05, 0.1) is 11.8 Å². The number of halogens is 2. The Morgan fingerprint density at radius 1 is 1.12 bits per heavy atom. The lowest BCUT2D eigenvalue weighted by Gasteiger charge is -2.01. The number of nitrogens with one attached hydrogen (secondary N) is 1. The monoisotopic (exact) mass is 434 g/mol. The topological polar surface area (TPSA) is 54.6 Å². The molecule has 3 rings (SSSR count). The third kappa shape index (κ3) is 4.98. The van der Waals surface area contributed by atoms with Gasteiger partial charge >= 0.3 is 0 Å². The van der Waals surface area contributed by atoms with E-state index in [2.05, 4.69) is 26.5 Å². The van der Waals surface area contributed by atoms with Crippen molar-refractivity contribution in [3.8, 4) is 0 Å². The maximum absolute atomic E-state index is 12.0. The molecule has 1 aromatic heterocycles. The van der Waals surface area contributed by atoms with Crippen molar-refractivity contribution < 1.29 is 9.21 Å². The summed E-state index contributed by atoms with van der Waals surface area (Å²) in [5.41, 5.74) is 2.98. The number of rotatable bonds is 5. The van der Waals surface area contributed by atoms with Crippen LogP contribution in [-0.4, -0.2) is 12.1 Å². The van der Waals surface area contributed by atoms with Crippen LogP contribution in [0.5, 0.6) is 0 Å². The zero-order valence-electron chi connectivity index (χ0n) is 12.8. The van der Waals surface area contributed by atoms with Crippen LogP contribution in [0.2, 0.25) is 5.02 Å². The van der Waals surface area contributed by atoms with Gasteiger partial charge in [-0.25, -0.2) is 5.43 Å². The summed E-state index contributed by atoms with van der Waals surface area (Å²) in [6.07, 6.45) is 1.46. The number of hydrazone groups is 1. The van der Waals surface area contributed by atoms with Gasteiger partial charge in [-0.05, 0) is 64.5 Å². The highest BCUT2D eigenvalue weighted by molar-refractivity contribution is 9.10. The van der Waals surface area contributed by atoms with Crippen molar-refractivity contribution in [3.05, 3.63) is 81.5 Å². The minimum absolute atomic E-state index is 0.300. The number of hydrogen-bond acceptors (Lipinski definition) is 4. The predicted molar refractivity (Wildman–Crippen MR) is 103 cm³/mol. The van der Waals surface area contributed by atoms with Crippen LogP contribution in [-0.2, 0) is 0 Å². The summed E-state index contributed by atoms with van der Waals surface area (Å²) in [7, 11) is 0. The molecule has 1 amide bonds. The number of benzene rings is 2. The Labute approximate surface area is 162 Å². The van der Waals surface area contributed by atoms with Gasteiger partial charge in [0.25, 0.3) is 5.91 Å². The van der Waals surface area contributed by atoms with Crippen molar-refractivity contribution in [2.45, 2.75) is 9.99 Å². The Morgan fingerprint density at radius 3 is 2.64 bits per heavy atom. The molecule has 0 aliphatic heterocycles. The van der Waals surface area contributed by atoms with E-state index in [4.69, 9.17) is 16.0 Å². The second kappa shape index (κ2) is 8.38. The molecule has 0 spiro atoms. The van der Waals surface area contributed by atoms with E-state index in [0.29, 0.717) is 20.8 Å². The minimum Gasteiger partial charge on any atom is -0.448 e. The van der Waals surface area contributed by atoms with Crippen LogP contribution in [0.3, 0.4) is 0 Å². The summed E-state index contributed by atoms with van der Waals surface area (Å²) in [5, 5.41) is 5.34. The molecule has 1 heterocycles. The van der Waals surface area contributed by atoms with E-state index in [9.17, 15) is 4.79 Å². The van der Waals surface area contributed by atoms with Crippen LogP contribution in [0.4, 0.5) is 0 Å². The van der Waals surface area contributed by atoms with Crippen LogP contribution in [0, 0.1) is 0 Å². The molecule has 1 N–H and O–H groups in total. The van der Waals surface area contributed by atoms with Crippen molar-refractivity contribution in [3.63, 3.8) is 0 Å². The fourth-order valence-corrected chi connectivity index (χ4v) is 3.31. The van der Waals surface area contributed by atoms with Gasteiger partial charge in [-0.3, -0.25) is 4.79 Å². The van der Waals surface area contributed by atoms with E-state index in [0.717, 1.165) is 9.99 Å². The molecule has 0 aliphatic rings. The second-order valence-corrected chi connectivity index (χ2v) is 7.26. The van der Waals surface area contributed by atoms with Gasteiger partial charge < -0.3 is 4.42 Å². The van der Waals surface area contributed by atoms with Crippen molar-refractivity contribution >= 4 is 51.4 Å². The maximum atomic E-state index is 12.0. The molecule has 25 heavy (non-hydrogen) atoms. The van der Waals surface area contributed by atoms with Crippen LogP contribution in [0.15, 0.2) is 84.6 Å². The molecule has 2 aromatic carbocycles. The summed E-state index contributed by atoms with van der Waals surface area (Å²) in [5.74, 6) is 0.245. The van der Waals surface area contributed by atoms with E-state index in [-0.39, 0.29) is 5.91 Å². The highest BCUT2D eigenvalue weighted by Gasteiger charge is 2.08. The molecule has 4 nitrogen and oxygen atoms in total. The third-order valence-electron chi connectivity index (χ3n) is 3.11. The molecule has 0 aliphatic carbocycles. The van der Waals surface area contributed by atoms with Crippen molar-refractivity contribution in [1.29, 1.82) is 0 Å². The zero-order chi connectivity index (χ0) is 17.6. The van der Waals surface area contributed by atoms with E-state index in [1.807, 2.05) is 36.4 Å². The molecule has 3 aromatic rings. The Balaban J connectivity index is 1.59. The fraction of sp³-hybridized carbons (Fsp3) is 0. The summed E-state index contributed by atoms with van der Waals surface area (Å²) >= 11 is 10.7. The number of hydrogen-bond donors (Lipinski definition) is 1. The average Bonchev–Trinajstić information content (AvgIpc) is 3.04. The second-order valence-electron chi connectivity index (χ2n) is 4.89. The predicted octanol–water partition coefficient (Wildman–Crippen LogP) is 5.61. The highest BCUT2D eigenvalue weighted by atomic mass is 79.9. The summed E-state index contributed by atoms with van der Waals surface area (Å²) in [6.45, 7) is 0. The number of carbonyl (C=O) groups is 1. The molecule has 0 saturated heterocycles. The van der Waals surface area contributed by atoms with Crippen LogP contribution < -0.4 is 5.43 Å². The molecular weight excluding hydrogens is 424 g/mol. The van der Waals surface area contributed by atoms with Gasteiger partial charge in [-0.1, -0.05) is 35.5 Å². The minimum atomic E-state index is -0.300. The molecule has 0 atom stereocenters. The van der Waals surface area contributed by atoms with Gasteiger partial charge in [0.1, 0.15) is 5.76 Å². The molecule has 0 saturated carbocycles. The molecule has 7 heteroatoms. The first-order valence-corrected chi connectivity index (χ1v) is 9.22. The van der Waals surface area contributed by atoms with Gasteiger partial charge in [0, 0.05) is 14.4 Å². The van der Waals surface area contributed by atoms with Gasteiger partial charge in [0.2, 0.25) is 0 Å². The molecular formula is C18H12BrClN2O2S. The van der Waals surface area contributed by atoms with Gasteiger partial charge in [-0.2, -0.15) is 5.10 Å². The average molecular weight is 436 g/mol. The first-order valence-electron chi connectivity index (χ1n) is 7.23. The lowest BCUT2D eigenvalue weighted by molar-refractivity contribution is 0.0954. The normalized spacial score (nSPS) is 11.0. The number of nitrogens with zero attached hydrogens (tertiary/aromatic N) is 1. The van der Waals surface area contributed by atoms with Crippen molar-refractivity contribution in [2.75, 3.05) is 0 Å². The number of amides is 1. The van der Waals surface area contributed by atoms with E-state index in [1.54, 1.807) is 24.3 Å². The van der Waals surface area contributed by atoms with Crippen molar-refractivity contribution in [1.82, 2.24) is 5.43 Å². The molecule has 0 radical (unpaired) electrons.